The summed E-state index contributed by atoms with van der Waals surface area (Å²) in [6.07, 6.45) is 0.855. The molecule has 1 heterocycles. The quantitative estimate of drug-likeness (QED) is 0.211. The first-order chi connectivity index (χ1) is 16.3. The molecule has 5 nitrogen and oxygen atoms in total. The Morgan fingerprint density at radius 1 is 1.12 bits per heavy atom. The molecule has 34 heavy (non-hydrogen) atoms. The smallest absolute Gasteiger partial charge is 0.341 e. The van der Waals surface area contributed by atoms with Gasteiger partial charge in [-0.25, -0.2) is 4.79 Å². The standard InChI is InChI=1S/C27H30BrNO4S/c1-5-32-27(31)25-23(19-8-10-20(28)11-9-19)16-34-26(25)29-24(30)7-6-14-33-21-12-13-22(17(2)3)18(4)15-21/h8-13,15-17H,5-7,14H2,1-4H3,(H,29,30). The third kappa shape index (κ3) is 6.70. The van der Waals surface area contributed by atoms with Gasteiger partial charge in [0.05, 0.1) is 13.2 Å². The number of benzene rings is 2. The largest absolute Gasteiger partial charge is 0.494 e. The highest BCUT2D eigenvalue weighted by Gasteiger charge is 2.22. The Morgan fingerprint density at radius 3 is 2.50 bits per heavy atom. The van der Waals surface area contributed by atoms with Crippen LogP contribution in [0.15, 0.2) is 52.3 Å². The normalized spacial score (nSPS) is 10.9. The van der Waals surface area contributed by atoms with Crippen LogP contribution in [0.4, 0.5) is 5.00 Å². The fraction of sp³-hybridized carbons (Fsp3) is 0.333. The van der Waals surface area contributed by atoms with E-state index in [1.54, 1.807) is 6.92 Å². The lowest BCUT2D eigenvalue weighted by molar-refractivity contribution is -0.116. The fourth-order valence-corrected chi connectivity index (χ4v) is 4.93. The first kappa shape index (κ1) is 26.0. The molecular formula is C27H30BrNO4S. The molecule has 3 rings (SSSR count). The Morgan fingerprint density at radius 2 is 1.85 bits per heavy atom. The molecule has 0 spiro atoms. The van der Waals surface area contributed by atoms with E-state index in [-0.39, 0.29) is 18.9 Å². The van der Waals surface area contributed by atoms with E-state index in [0.717, 1.165) is 21.3 Å². The van der Waals surface area contributed by atoms with Gasteiger partial charge in [0.25, 0.3) is 0 Å². The number of hydrogen-bond acceptors (Lipinski definition) is 5. The lowest BCUT2D eigenvalue weighted by Gasteiger charge is -2.12. The number of carbonyl (C=O) groups is 2. The Hall–Kier alpha value is -2.64. The molecule has 1 N–H and O–H groups in total. The number of amides is 1. The minimum atomic E-state index is -0.444. The van der Waals surface area contributed by atoms with Crippen LogP contribution in [0.3, 0.4) is 0 Å². The van der Waals surface area contributed by atoms with Crippen LogP contribution in [0.25, 0.3) is 11.1 Å². The number of halogens is 1. The number of carbonyl (C=O) groups excluding carboxylic acids is 2. The first-order valence-corrected chi connectivity index (χ1v) is 13.0. The second-order valence-electron chi connectivity index (χ2n) is 8.25. The van der Waals surface area contributed by atoms with Gasteiger partial charge < -0.3 is 14.8 Å². The summed E-state index contributed by atoms with van der Waals surface area (Å²) in [5, 5.41) is 5.27. The minimum absolute atomic E-state index is 0.162. The Bertz CT molecular complexity index is 1140. The zero-order valence-electron chi connectivity index (χ0n) is 19.9. The number of esters is 1. The molecule has 0 fully saturated rings. The highest BCUT2D eigenvalue weighted by atomic mass is 79.9. The van der Waals surface area contributed by atoms with Crippen LogP contribution in [-0.2, 0) is 9.53 Å². The molecule has 0 atom stereocenters. The maximum atomic E-state index is 12.7. The Labute approximate surface area is 213 Å². The fourth-order valence-electron chi connectivity index (χ4n) is 3.70. The third-order valence-corrected chi connectivity index (χ3v) is 6.78. The molecule has 0 aliphatic rings. The molecule has 1 aromatic heterocycles. The molecule has 3 aromatic rings. The number of rotatable bonds is 10. The van der Waals surface area contributed by atoms with Crippen LogP contribution in [0.2, 0.25) is 0 Å². The average molecular weight is 545 g/mol. The number of aryl methyl sites for hydroxylation is 1. The highest BCUT2D eigenvalue weighted by molar-refractivity contribution is 9.10. The Kier molecular flexibility index (Phi) is 9.30. The van der Waals surface area contributed by atoms with E-state index < -0.39 is 5.97 Å². The van der Waals surface area contributed by atoms with Gasteiger partial charge in [0.15, 0.2) is 0 Å². The summed E-state index contributed by atoms with van der Waals surface area (Å²) >= 11 is 4.75. The van der Waals surface area contributed by atoms with Crippen LogP contribution in [0.1, 0.15) is 61.0 Å². The summed E-state index contributed by atoms with van der Waals surface area (Å²) in [7, 11) is 0. The average Bonchev–Trinajstić information content (AvgIpc) is 3.20. The zero-order valence-corrected chi connectivity index (χ0v) is 22.3. The van der Waals surface area contributed by atoms with Crippen molar-refractivity contribution in [2.45, 2.75) is 46.5 Å². The molecule has 1 amide bonds. The number of nitrogens with one attached hydrogen (secondary N) is 1. The van der Waals surface area contributed by atoms with E-state index in [4.69, 9.17) is 9.47 Å². The SMILES string of the molecule is CCOC(=O)c1c(-c2ccc(Br)cc2)csc1NC(=O)CCCOc1ccc(C(C)C)c(C)c1. The monoisotopic (exact) mass is 543 g/mol. The van der Waals surface area contributed by atoms with E-state index in [2.05, 4.69) is 48.1 Å². The van der Waals surface area contributed by atoms with Crippen molar-refractivity contribution in [3.63, 3.8) is 0 Å². The molecule has 2 aromatic carbocycles. The second-order valence-corrected chi connectivity index (χ2v) is 10.0. The summed E-state index contributed by atoms with van der Waals surface area (Å²) < 4.78 is 12.0. The zero-order chi connectivity index (χ0) is 24.7. The molecule has 0 aliphatic carbocycles. The molecule has 0 radical (unpaired) electrons. The number of thiophene rings is 1. The van der Waals surface area contributed by atoms with Crippen molar-refractivity contribution >= 4 is 44.1 Å². The molecule has 0 bridgehead atoms. The van der Waals surface area contributed by atoms with Gasteiger partial charge in [0.1, 0.15) is 16.3 Å². The van der Waals surface area contributed by atoms with Crippen LogP contribution in [-0.4, -0.2) is 25.1 Å². The van der Waals surface area contributed by atoms with Crippen LogP contribution in [0.5, 0.6) is 5.75 Å². The van der Waals surface area contributed by atoms with E-state index in [0.29, 0.717) is 29.5 Å². The van der Waals surface area contributed by atoms with Crippen LogP contribution in [0, 0.1) is 6.92 Å². The predicted octanol–water partition coefficient (Wildman–Crippen LogP) is 7.58. The van der Waals surface area contributed by atoms with Crippen molar-refractivity contribution in [3.05, 3.63) is 69.0 Å². The number of ether oxygens (including phenoxy) is 2. The van der Waals surface area contributed by atoms with Crippen LogP contribution >= 0.6 is 27.3 Å². The maximum absolute atomic E-state index is 12.7. The van der Waals surface area contributed by atoms with Crippen molar-refractivity contribution in [3.8, 4) is 16.9 Å². The summed E-state index contributed by atoms with van der Waals surface area (Å²) in [4.78, 5) is 25.3. The van der Waals surface area contributed by atoms with E-state index in [1.165, 1.54) is 22.5 Å². The highest BCUT2D eigenvalue weighted by Crippen LogP contribution is 2.37. The molecule has 180 valence electrons. The minimum Gasteiger partial charge on any atom is -0.494 e. The van der Waals surface area contributed by atoms with E-state index >= 15 is 0 Å². The van der Waals surface area contributed by atoms with Crippen LogP contribution < -0.4 is 10.1 Å². The van der Waals surface area contributed by atoms with Gasteiger partial charge in [-0.05, 0) is 67.1 Å². The van der Waals surface area contributed by atoms with Gasteiger partial charge in [-0.1, -0.05) is 48.0 Å². The van der Waals surface area contributed by atoms with Crippen molar-refractivity contribution < 1.29 is 19.1 Å². The summed E-state index contributed by atoms with van der Waals surface area (Å²) in [6.45, 7) is 8.89. The van der Waals surface area contributed by atoms with Gasteiger partial charge in [0, 0.05) is 21.8 Å². The van der Waals surface area contributed by atoms with Crippen molar-refractivity contribution in [1.29, 1.82) is 0 Å². The lowest BCUT2D eigenvalue weighted by Crippen LogP contribution is -2.15. The van der Waals surface area contributed by atoms with Gasteiger partial charge >= 0.3 is 5.97 Å². The topological polar surface area (TPSA) is 64.6 Å². The lowest BCUT2D eigenvalue weighted by atomic mass is 9.98. The molecule has 0 aliphatic heterocycles. The number of anilines is 1. The molecule has 0 unspecified atom stereocenters. The van der Waals surface area contributed by atoms with Crippen molar-refractivity contribution in [1.82, 2.24) is 0 Å². The molecule has 0 saturated heterocycles. The van der Waals surface area contributed by atoms with Gasteiger partial charge in [-0.2, -0.15) is 0 Å². The Balaban J connectivity index is 1.61. The van der Waals surface area contributed by atoms with Gasteiger partial charge in [0.2, 0.25) is 5.91 Å². The summed E-state index contributed by atoms with van der Waals surface area (Å²) in [5.41, 5.74) is 4.53. The van der Waals surface area contributed by atoms with Gasteiger partial charge in [-0.3, -0.25) is 4.79 Å². The van der Waals surface area contributed by atoms with Crippen molar-refractivity contribution in [2.75, 3.05) is 18.5 Å². The predicted molar refractivity (Wildman–Crippen MR) is 142 cm³/mol. The first-order valence-electron chi connectivity index (χ1n) is 11.4. The third-order valence-electron chi connectivity index (χ3n) is 5.36. The molecular weight excluding hydrogens is 514 g/mol. The van der Waals surface area contributed by atoms with E-state index in [9.17, 15) is 9.59 Å². The second kappa shape index (κ2) is 12.2. The molecule has 0 saturated carbocycles. The van der Waals surface area contributed by atoms with Gasteiger partial charge in [-0.15, -0.1) is 11.3 Å². The molecule has 7 heteroatoms. The van der Waals surface area contributed by atoms with E-state index in [1.807, 2.05) is 41.8 Å². The number of hydrogen-bond donors (Lipinski definition) is 1. The van der Waals surface area contributed by atoms with Crippen molar-refractivity contribution in [2.24, 2.45) is 0 Å². The maximum Gasteiger partial charge on any atom is 0.341 e. The summed E-state index contributed by atoms with van der Waals surface area (Å²) in [5.74, 6) is 0.674. The summed E-state index contributed by atoms with van der Waals surface area (Å²) in [6, 6.07) is 13.8.